The van der Waals surface area contributed by atoms with Gasteiger partial charge in [-0.25, -0.2) is 14.2 Å². The molecule has 0 fully saturated rings. The first-order valence-electron chi connectivity index (χ1n) is 7.00. The standard InChI is InChI=1S/C16H13ClFN3O2S/c1-8-11(16(22)23-2)12(9-3-5-10(18)6-4-9)21-15(20-8)13-14(17)24-7-19-13/h3-7,12H,1-2H3,(H,20,21)/t12-/m0/s1. The highest BCUT2D eigenvalue weighted by Gasteiger charge is 2.31. The fourth-order valence-electron chi connectivity index (χ4n) is 2.44. The number of methoxy groups -OCH3 is 1. The fourth-order valence-corrected chi connectivity index (χ4v) is 3.21. The van der Waals surface area contributed by atoms with Gasteiger partial charge in [0, 0.05) is 5.70 Å². The Balaban J connectivity index is 2.11. The molecule has 5 nitrogen and oxygen atoms in total. The lowest BCUT2D eigenvalue weighted by molar-refractivity contribution is -0.136. The topological polar surface area (TPSA) is 63.6 Å². The minimum absolute atomic E-state index is 0.360. The summed E-state index contributed by atoms with van der Waals surface area (Å²) in [6.07, 6.45) is 0. The van der Waals surface area contributed by atoms with Gasteiger partial charge in [0.25, 0.3) is 0 Å². The first-order valence-corrected chi connectivity index (χ1v) is 8.25. The van der Waals surface area contributed by atoms with Gasteiger partial charge in [0.15, 0.2) is 5.84 Å². The second-order valence-electron chi connectivity index (χ2n) is 5.06. The smallest absolute Gasteiger partial charge is 0.338 e. The average Bonchev–Trinajstić information content (AvgIpc) is 3.00. The third-order valence-corrected chi connectivity index (χ3v) is 4.64. The van der Waals surface area contributed by atoms with Gasteiger partial charge in [-0.05, 0) is 24.6 Å². The molecule has 124 valence electrons. The lowest BCUT2D eigenvalue weighted by Crippen LogP contribution is -2.33. The Morgan fingerprint density at radius 1 is 1.38 bits per heavy atom. The molecule has 2 aromatic rings. The number of hydrogen-bond acceptors (Lipinski definition) is 6. The van der Waals surface area contributed by atoms with Crippen molar-refractivity contribution < 1.29 is 13.9 Å². The molecule has 1 N–H and O–H groups in total. The molecule has 0 amide bonds. The van der Waals surface area contributed by atoms with Crippen LogP contribution < -0.4 is 5.32 Å². The average molecular weight is 366 g/mol. The summed E-state index contributed by atoms with van der Waals surface area (Å²) >= 11 is 7.43. The van der Waals surface area contributed by atoms with Gasteiger partial charge in [0.05, 0.1) is 18.2 Å². The SMILES string of the molecule is COC(=O)C1=C(C)NC(c2ncsc2Cl)=N[C@H]1c1ccc(F)cc1. The molecular weight excluding hydrogens is 353 g/mol. The van der Waals surface area contributed by atoms with Crippen molar-refractivity contribution in [2.24, 2.45) is 4.99 Å². The lowest BCUT2D eigenvalue weighted by Gasteiger charge is -2.25. The van der Waals surface area contributed by atoms with Crippen LogP contribution in [0.4, 0.5) is 4.39 Å². The normalized spacial score (nSPS) is 17.3. The minimum atomic E-state index is -0.632. The molecule has 0 aliphatic carbocycles. The number of thiazole rings is 1. The highest BCUT2D eigenvalue weighted by molar-refractivity contribution is 7.14. The van der Waals surface area contributed by atoms with Crippen LogP contribution in [0.3, 0.4) is 0 Å². The van der Waals surface area contributed by atoms with Crippen LogP contribution in [0, 0.1) is 5.82 Å². The number of amidine groups is 1. The van der Waals surface area contributed by atoms with Crippen molar-refractivity contribution >= 4 is 34.7 Å². The van der Waals surface area contributed by atoms with Gasteiger partial charge in [-0.2, -0.15) is 0 Å². The number of esters is 1. The Kier molecular flexibility index (Phi) is 4.64. The molecule has 8 heteroatoms. The van der Waals surface area contributed by atoms with E-state index in [0.29, 0.717) is 32.7 Å². The summed E-state index contributed by atoms with van der Waals surface area (Å²) in [6, 6.07) is 5.20. The zero-order valence-corrected chi connectivity index (χ0v) is 14.4. The van der Waals surface area contributed by atoms with Gasteiger partial charge in [0.1, 0.15) is 21.9 Å². The Morgan fingerprint density at radius 3 is 2.67 bits per heavy atom. The van der Waals surface area contributed by atoms with Crippen LogP contribution in [0.1, 0.15) is 24.2 Å². The van der Waals surface area contributed by atoms with Gasteiger partial charge < -0.3 is 10.1 Å². The zero-order valence-electron chi connectivity index (χ0n) is 12.8. The van der Waals surface area contributed by atoms with E-state index in [1.54, 1.807) is 24.6 Å². The summed E-state index contributed by atoms with van der Waals surface area (Å²) in [7, 11) is 1.31. The molecule has 1 aromatic heterocycles. The first kappa shape index (κ1) is 16.6. The maximum absolute atomic E-state index is 13.2. The molecule has 0 radical (unpaired) electrons. The van der Waals surface area contributed by atoms with E-state index < -0.39 is 12.0 Å². The number of carbonyl (C=O) groups is 1. The number of aromatic nitrogens is 1. The molecule has 3 rings (SSSR count). The third-order valence-electron chi connectivity index (χ3n) is 3.58. The van der Waals surface area contributed by atoms with Crippen molar-refractivity contribution in [1.29, 1.82) is 0 Å². The van der Waals surface area contributed by atoms with Crippen molar-refractivity contribution in [3.05, 3.63) is 62.5 Å². The monoisotopic (exact) mass is 365 g/mol. The van der Waals surface area contributed by atoms with Crippen LogP contribution in [-0.2, 0) is 9.53 Å². The van der Waals surface area contributed by atoms with Crippen molar-refractivity contribution in [1.82, 2.24) is 10.3 Å². The number of ether oxygens (including phenoxy) is 1. The molecule has 0 saturated carbocycles. The van der Waals surface area contributed by atoms with E-state index in [9.17, 15) is 9.18 Å². The molecular formula is C16H13ClFN3O2S. The quantitative estimate of drug-likeness (QED) is 0.846. The Morgan fingerprint density at radius 2 is 2.08 bits per heavy atom. The van der Waals surface area contributed by atoms with E-state index in [4.69, 9.17) is 16.3 Å². The largest absolute Gasteiger partial charge is 0.466 e. The second kappa shape index (κ2) is 6.70. The summed E-state index contributed by atoms with van der Waals surface area (Å²) in [4.78, 5) is 21.0. The number of aliphatic imine (C=N–C) groups is 1. The lowest BCUT2D eigenvalue weighted by atomic mass is 9.96. The number of halogens is 2. The minimum Gasteiger partial charge on any atom is -0.466 e. The van der Waals surface area contributed by atoms with Crippen LogP contribution in [0.25, 0.3) is 0 Å². The van der Waals surface area contributed by atoms with Crippen molar-refractivity contribution in [2.45, 2.75) is 13.0 Å². The molecule has 1 atom stereocenters. The highest BCUT2D eigenvalue weighted by atomic mass is 35.5. The Hall–Kier alpha value is -2.25. The number of rotatable bonds is 3. The van der Waals surface area contributed by atoms with Crippen LogP contribution in [0.5, 0.6) is 0 Å². The second-order valence-corrected chi connectivity index (χ2v) is 6.52. The van der Waals surface area contributed by atoms with E-state index in [1.165, 1.54) is 30.6 Å². The van der Waals surface area contributed by atoms with Crippen LogP contribution in [0.15, 0.2) is 46.0 Å². The molecule has 0 unspecified atom stereocenters. The molecule has 0 bridgehead atoms. The summed E-state index contributed by atoms with van der Waals surface area (Å²) in [5.41, 5.74) is 3.74. The Bertz CT molecular complexity index is 845. The van der Waals surface area contributed by atoms with Crippen molar-refractivity contribution in [2.75, 3.05) is 7.11 Å². The van der Waals surface area contributed by atoms with Gasteiger partial charge in [-0.1, -0.05) is 23.7 Å². The van der Waals surface area contributed by atoms with E-state index in [1.807, 2.05) is 0 Å². The molecule has 0 spiro atoms. The number of nitrogens with zero attached hydrogens (tertiary/aromatic N) is 2. The maximum Gasteiger partial charge on any atom is 0.338 e. The Labute approximate surface area is 146 Å². The van der Waals surface area contributed by atoms with Crippen molar-refractivity contribution in [3.63, 3.8) is 0 Å². The van der Waals surface area contributed by atoms with Crippen molar-refractivity contribution in [3.8, 4) is 0 Å². The van der Waals surface area contributed by atoms with E-state index >= 15 is 0 Å². The van der Waals surface area contributed by atoms with Crippen LogP contribution in [0.2, 0.25) is 4.34 Å². The predicted molar refractivity (Wildman–Crippen MR) is 90.7 cm³/mol. The number of benzene rings is 1. The molecule has 2 heterocycles. The molecule has 0 saturated heterocycles. The van der Waals surface area contributed by atoms with Crippen LogP contribution in [-0.4, -0.2) is 23.9 Å². The number of nitrogens with one attached hydrogen (secondary N) is 1. The van der Waals surface area contributed by atoms with Gasteiger partial charge >= 0.3 is 5.97 Å². The predicted octanol–water partition coefficient (Wildman–Crippen LogP) is 3.47. The van der Waals surface area contributed by atoms with E-state index in [2.05, 4.69) is 15.3 Å². The zero-order chi connectivity index (χ0) is 17.3. The molecule has 1 aliphatic rings. The summed E-state index contributed by atoms with van der Waals surface area (Å²) < 4.78 is 18.6. The molecule has 24 heavy (non-hydrogen) atoms. The summed E-state index contributed by atoms with van der Waals surface area (Å²) in [5, 5.41) is 3.05. The molecule has 1 aromatic carbocycles. The van der Waals surface area contributed by atoms with Gasteiger partial charge in [0.2, 0.25) is 0 Å². The first-order chi connectivity index (χ1) is 11.5. The van der Waals surface area contributed by atoms with E-state index in [-0.39, 0.29) is 5.82 Å². The summed E-state index contributed by atoms with van der Waals surface area (Å²) in [6.45, 7) is 1.75. The fraction of sp³-hybridized carbons (Fsp3) is 0.188. The highest BCUT2D eigenvalue weighted by Crippen LogP contribution is 2.33. The van der Waals surface area contributed by atoms with Gasteiger partial charge in [-0.3, -0.25) is 4.99 Å². The van der Waals surface area contributed by atoms with Crippen LogP contribution >= 0.6 is 22.9 Å². The third kappa shape index (κ3) is 3.05. The number of carbonyl (C=O) groups excluding carboxylic acids is 1. The summed E-state index contributed by atoms with van der Waals surface area (Å²) in [5.74, 6) is -0.401. The number of allylic oxidation sites excluding steroid dienone is 1. The van der Waals surface area contributed by atoms with E-state index in [0.717, 1.165) is 0 Å². The molecule has 1 aliphatic heterocycles. The van der Waals surface area contributed by atoms with Gasteiger partial charge in [-0.15, -0.1) is 11.3 Å². The maximum atomic E-state index is 13.2. The number of hydrogen-bond donors (Lipinski definition) is 1.